The Kier molecular flexibility index (Phi) is 2.78. The van der Waals surface area contributed by atoms with Gasteiger partial charge in [0, 0.05) is 19.4 Å². The summed E-state index contributed by atoms with van der Waals surface area (Å²) >= 11 is 0. The number of rotatable bonds is 2. The molecule has 0 atom stereocenters. The molecule has 2 heterocycles. The quantitative estimate of drug-likeness (QED) is 0.806. The molecule has 17 heavy (non-hydrogen) atoms. The van der Waals surface area contributed by atoms with E-state index in [4.69, 9.17) is 5.73 Å². The Labute approximate surface area is 98.5 Å². The van der Waals surface area contributed by atoms with E-state index >= 15 is 0 Å². The predicted octanol–water partition coefficient (Wildman–Crippen LogP) is 0.958. The van der Waals surface area contributed by atoms with Gasteiger partial charge in [0.1, 0.15) is 5.82 Å². The summed E-state index contributed by atoms with van der Waals surface area (Å²) in [5.41, 5.74) is 7.11. The van der Waals surface area contributed by atoms with E-state index in [1.54, 1.807) is 25.5 Å². The van der Waals surface area contributed by atoms with Crippen LogP contribution in [0.15, 0.2) is 24.5 Å². The van der Waals surface area contributed by atoms with Crippen LogP contribution in [0.1, 0.15) is 16.1 Å². The highest BCUT2D eigenvalue weighted by molar-refractivity contribution is 6.05. The smallest absolute Gasteiger partial charge is 0.279 e. The molecule has 3 N–H and O–H groups in total. The van der Waals surface area contributed by atoms with E-state index in [1.165, 1.54) is 4.68 Å². The van der Waals surface area contributed by atoms with Crippen LogP contribution in [0.3, 0.4) is 0 Å². The molecule has 0 fully saturated rings. The van der Waals surface area contributed by atoms with E-state index in [0.717, 1.165) is 5.56 Å². The van der Waals surface area contributed by atoms with Crippen LogP contribution in [0, 0.1) is 6.92 Å². The van der Waals surface area contributed by atoms with E-state index in [2.05, 4.69) is 15.4 Å². The summed E-state index contributed by atoms with van der Waals surface area (Å²) in [7, 11) is 1.71. The predicted molar refractivity (Wildman–Crippen MR) is 64.5 cm³/mol. The summed E-state index contributed by atoms with van der Waals surface area (Å²) in [6.45, 7) is 1.87. The first kappa shape index (κ1) is 11.1. The molecule has 0 saturated carbocycles. The van der Waals surface area contributed by atoms with Crippen LogP contribution in [0.5, 0.6) is 0 Å². The Morgan fingerprint density at radius 3 is 2.88 bits per heavy atom. The number of amides is 1. The minimum absolute atomic E-state index is 0.206. The third-order valence-electron chi connectivity index (χ3n) is 2.31. The molecule has 0 saturated heterocycles. The van der Waals surface area contributed by atoms with Crippen LogP contribution >= 0.6 is 0 Å². The van der Waals surface area contributed by atoms with Crippen molar-refractivity contribution < 1.29 is 4.79 Å². The molecular weight excluding hydrogens is 218 g/mol. The van der Waals surface area contributed by atoms with Gasteiger partial charge >= 0.3 is 0 Å². The molecule has 2 aromatic heterocycles. The zero-order chi connectivity index (χ0) is 12.4. The molecule has 0 unspecified atom stereocenters. The first-order valence-corrected chi connectivity index (χ1v) is 5.10. The van der Waals surface area contributed by atoms with Gasteiger partial charge in [-0.3, -0.25) is 9.48 Å². The largest absolute Gasteiger partial charge is 0.396 e. The second-order valence-corrected chi connectivity index (χ2v) is 3.73. The topological polar surface area (TPSA) is 85.8 Å². The molecule has 0 spiro atoms. The Hall–Kier alpha value is -2.37. The van der Waals surface area contributed by atoms with Crippen LogP contribution in [-0.2, 0) is 7.05 Å². The molecule has 88 valence electrons. The van der Waals surface area contributed by atoms with E-state index < -0.39 is 0 Å². The zero-order valence-electron chi connectivity index (χ0n) is 9.64. The Balaban J connectivity index is 2.23. The van der Waals surface area contributed by atoms with Crippen molar-refractivity contribution >= 4 is 17.4 Å². The molecule has 6 heteroatoms. The highest BCUT2D eigenvalue weighted by Crippen LogP contribution is 2.13. The fraction of sp³-hybridized carbons (Fsp3) is 0.182. The van der Waals surface area contributed by atoms with Crippen LogP contribution in [0.2, 0.25) is 0 Å². The molecular formula is C11H13N5O. The maximum atomic E-state index is 11.9. The van der Waals surface area contributed by atoms with Crippen molar-refractivity contribution in [2.45, 2.75) is 6.92 Å². The van der Waals surface area contributed by atoms with Crippen molar-refractivity contribution in [3.8, 4) is 0 Å². The number of nitrogen functional groups attached to an aromatic ring is 1. The van der Waals surface area contributed by atoms with Gasteiger partial charge in [0.25, 0.3) is 5.91 Å². The van der Waals surface area contributed by atoms with Crippen LogP contribution in [-0.4, -0.2) is 20.7 Å². The fourth-order valence-corrected chi connectivity index (χ4v) is 1.47. The third kappa shape index (κ3) is 2.25. The van der Waals surface area contributed by atoms with Gasteiger partial charge in [0.2, 0.25) is 0 Å². The molecule has 0 aliphatic carbocycles. The molecule has 0 radical (unpaired) electrons. The lowest BCUT2D eigenvalue weighted by atomic mass is 10.3. The Morgan fingerprint density at radius 2 is 2.29 bits per heavy atom. The van der Waals surface area contributed by atoms with Crippen LogP contribution in [0.25, 0.3) is 0 Å². The second kappa shape index (κ2) is 4.25. The Bertz CT molecular complexity index is 561. The SMILES string of the molecule is Cc1cccnc1NC(=O)c1nn(C)cc1N. The maximum Gasteiger partial charge on any atom is 0.279 e. The number of pyridine rings is 1. The number of carbonyl (C=O) groups excluding carboxylic acids is 1. The van der Waals surface area contributed by atoms with Gasteiger partial charge in [-0.25, -0.2) is 4.98 Å². The number of anilines is 2. The standard InChI is InChI=1S/C11H13N5O/c1-7-4-3-5-13-10(7)14-11(17)9-8(12)6-16(2)15-9/h3-6H,12H2,1-2H3,(H,13,14,17). The molecule has 1 amide bonds. The minimum Gasteiger partial charge on any atom is -0.396 e. The van der Waals surface area contributed by atoms with Gasteiger partial charge in [-0.2, -0.15) is 5.10 Å². The lowest BCUT2D eigenvalue weighted by molar-refractivity contribution is 0.102. The van der Waals surface area contributed by atoms with E-state index in [9.17, 15) is 4.79 Å². The number of nitrogens with two attached hydrogens (primary N) is 1. The summed E-state index contributed by atoms with van der Waals surface area (Å²) in [6.07, 6.45) is 3.20. The monoisotopic (exact) mass is 231 g/mol. The molecule has 2 rings (SSSR count). The van der Waals surface area contributed by atoms with Crippen molar-refractivity contribution in [3.05, 3.63) is 35.8 Å². The summed E-state index contributed by atoms with van der Waals surface area (Å²) in [5, 5.41) is 6.66. The van der Waals surface area contributed by atoms with Gasteiger partial charge < -0.3 is 11.1 Å². The lowest BCUT2D eigenvalue weighted by Gasteiger charge is -2.05. The average Bonchev–Trinajstić information content (AvgIpc) is 2.61. The Morgan fingerprint density at radius 1 is 1.53 bits per heavy atom. The first-order valence-electron chi connectivity index (χ1n) is 5.10. The zero-order valence-corrected chi connectivity index (χ0v) is 9.64. The van der Waals surface area contributed by atoms with Gasteiger partial charge in [-0.1, -0.05) is 6.07 Å². The number of hydrogen-bond acceptors (Lipinski definition) is 4. The number of nitrogens with one attached hydrogen (secondary N) is 1. The number of carbonyl (C=O) groups is 1. The van der Waals surface area contributed by atoms with E-state index in [-0.39, 0.29) is 11.6 Å². The van der Waals surface area contributed by atoms with Gasteiger partial charge in [-0.15, -0.1) is 0 Å². The van der Waals surface area contributed by atoms with Crippen molar-refractivity contribution in [2.24, 2.45) is 7.05 Å². The molecule has 0 aliphatic rings. The number of aryl methyl sites for hydroxylation is 2. The summed E-state index contributed by atoms with van der Waals surface area (Å²) in [4.78, 5) is 16.0. The minimum atomic E-state index is -0.357. The van der Waals surface area contributed by atoms with Crippen molar-refractivity contribution in [1.29, 1.82) is 0 Å². The van der Waals surface area contributed by atoms with Crippen molar-refractivity contribution in [3.63, 3.8) is 0 Å². The van der Waals surface area contributed by atoms with Crippen molar-refractivity contribution in [2.75, 3.05) is 11.1 Å². The molecule has 0 aromatic carbocycles. The first-order chi connectivity index (χ1) is 8.08. The van der Waals surface area contributed by atoms with Crippen LogP contribution < -0.4 is 11.1 Å². The van der Waals surface area contributed by atoms with Gasteiger partial charge in [-0.05, 0) is 18.6 Å². The number of aromatic nitrogens is 3. The normalized spacial score (nSPS) is 10.2. The van der Waals surface area contributed by atoms with Gasteiger partial charge in [0.15, 0.2) is 5.69 Å². The van der Waals surface area contributed by atoms with E-state index in [0.29, 0.717) is 11.5 Å². The third-order valence-corrected chi connectivity index (χ3v) is 2.31. The fourth-order valence-electron chi connectivity index (χ4n) is 1.47. The molecule has 2 aromatic rings. The number of nitrogens with zero attached hydrogens (tertiary/aromatic N) is 3. The second-order valence-electron chi connectivity index (χ2n) is 3.73. The van der Waals surface area contributed by atoms with Crippen molar-refractivity contribution in [1.82, 2.24) is 14.8 Å². The van der Waals surface area contributed by atoms with Gasteiger partial charge in [0.05, 0.1) is 5.69 Å². The maximum absolute atomic E-state index is 11.9. The van der Waals surface area contributed by atoms with E-state index in [1.807, 2.05) is 13.0 Å². The molecule has 0 aliphatic heterocycles. The summed E-state index contributed by atoms with van der Waals surface area (Å²) in [6, 6.07) is 3.67. The van der Waals surface area contributed by atoms with Crippen LogP contribution in [0.4, 0.5) is 11.5 Å². The summed E-state index contributed by atoms with van der Waals surface area (Å²) < 4.78 is 1.50. The summed E-state index contributed by atoms with van der Waals surface area (Å²) in [5.74, 6) is 0.160. The average molecular weight is 231 g/mol. The molecule has 6 nitrogen and oxygen atoms in total. The highest BCUT2D eigenvalue weighted by atomic mass is 16.2. The number of hydrogen-bond donors (Lipinski definition) is 2. The molecule has 0 bridgehead atoms. The highest BCUT2D eigenvalue weighted by Gasteiger charge is 2.15. The lowest BCUT2D eigenvalue weighted by Crippen LogP contribution is -2.16.